The van der Waals surface area contributed by atoms with Gasteiger partial charge in [0.15, 0.2) is 6.29 Å². The van der Waals surface area contributed by atoms with Gasteiger partial charge in [-0.15, -0.1) is 0 Å². The summed E-state index contributed by atoms with van der Waals surface area (Å²) in [6, 6.07) is 4.51. The lowest BCUT2D eigenvalue weighted by atomic mass is 10.1. The minimum atomic E-state index is -0.895. The summed E-state index contributed by atoms with van der Waals surface area (Å²) in [5.74, 6) is -0.317. The van der Waals surface area contributed by atoms with E-state index in [0.717, 1.165) is 11.1 Å². The summed E-state index contributed by atoms with van der Waals surface area (Å²) in [7, 11) is 0.600. The Morgan fingerprint density at radius 3 is 2.82 bits per heavy atom. The Morgan fingerprint density at radius 1 is 1.32 bits per heavy atom. The number of hydrogen-bond donors (Lipinski definition) is 1. The van der Waals surface area contributed by atoms with Gasteiger partial charge in [-0.25, -0.2) is 4.39 Å². The molecule has 2 fully saturated rings. The van der Waals surface area contributed by atoms with E-state index in [9.17, 15) is 9.50 Å². The van der Waals surface area contributed by atoms with Crippen molar-refractivity contribution in [2.45, 2.75) is 38.1 Å². The van der Waals surface area contributed by atoms with E-state index >= 15 is 0 Å². The maximum atomic E-state index is 13.3. The number of aliphatic hydroxyl groups is 1. The Morgan fingerprint density at radius 2 is 2.09 bits per heavy atom. The topological polar surface area (TPSA) is 66.4 Å². The largest absolute Gasteiger partial charge is 0.640 e. The average Bonchev–Trinajstić information content (AvgIpc) is 3.06. The zero-order valence-corrected chi connectivity index (χ0v) is 12.4. The molecule has 0 saturated carbocycles. The molecule has 3 rings (SSSR count). The van der Waals surface area contributed by atoms with E-state index in [0.29, 0.717) is 0 Å². The van der Waals surface area contributed by atoms with Crippen molar-refractivity contribution < 1.29 is 32.9 Å². The molecule has 8 heteroatoms. The van der Waals surface area contributed by atoms with Crippen LogP contribution in [0.5, 0.6) is 0 Å². The number of fused-ring (bicyclic) bond motifs is 1. The Hall–Kier alpha value is -1.03. The minimum Gasteiger partial charge on any atom is -0.394 e. The summed E-state index contributed by atoms with van der Waals surface area (Å²) in [4.78, 5) is 0. The highest BCUT2D eigenvalue weighted by Gasteiger charge is 2.55. The Kier molecular flexibility index (Phi) is 4.77. The highest BCUT2D eigenvalue weighted by Crippen LogP contribution is 2.33. The van der Waals surface area contributed by atoms with Crippen molar-refractivity contribution in [2.24, 2.45) is 0 Å². The first-order valence-electron chi connectivity index (χ1n) is 7.09. The molecular weight excluding hydrogens is 294 g/mol. The van der Waals surface area contributed by atoms with Crippen LogP contribution >= 0.6 is 0 Å². The van der Waals surface area contributed by atoms with Crippen molar-refractivity contribution in [1.29, 1.82) is 0 Å². The van der Waals surface area contributed by atoms with Crippen LogP contribution in [0.15, 0.2) is 18.2 Å². The summed E-state index contributed by atoms with van der Waals surface area (Å²) in [5, 5.41) is 9.29. The molecule has 0 aliphatic carbocycles. The molecule has 0 spiro atoms. The summed E-state index contributed by atoms with van der Waals surface area (Å²) < 4.78 is 40.6. The van der Waals surface area contributed by atoms with E-state index in [2.05, 4.69) is 0 Å². The van der Waals surface area contributed by atoms with Gasteiger partial charge in [0, 0.05) is 7.11 Å². The van der Waals surface area contributed by atoms with Crippen molar-refractivity contribution >= 4 is 7.32 Å². The summed E-state index contributed by atoms with van der Waals surface area (Å²) in [6.07, 6.45) is -2.03. The van der Waals surface area contributed by atoms with Crippen LogP contribution in [0, 0.1) is 12.7 Å². The van der Waals surface area contributed by atoms with Crippen LogP contribution in [0.2, 0.25) is 0 Å². The fourth-order valence-corrected chi connectivity index (χ4v) is 2.66. The molecule has 1 N–H and O–H groups in total. The number of aliphatic hydroxyl groups excluding tert-OH is 1. The molecule has 2 saturated heterocycles. The maximum Gasteiger partial charge on any atom is 0.640 e. The number of hydrogen-bond acceptors (Lipinski definition) is 6. The maximum absolute atomic E-state index is 13.3. The van der Waals surface area contributed by atoms with E-state index < -0.39 is 31.9 Å². The first-order valence-corrected chi connectivity index (χ1v) is 7.09. The predicted molar refractivity (Wildman–Crippen MR) is 74.2 cm³/mol. The van der Waals surface area contributed by atoms with Crippen LogP contribution in [-0.2, 0) is 30.0 Å². The fourth-order valence-electron chi connectivity index (χ4n) is 2.66. The van der Waals surface area contributed by atoms with Crippen molar-refractivity contribution in [2.75, 3.05) is 13.7 Å². The number of ether oxygens (including phenoxy) is 2. The fraction of sp³-hybridized carbons (Fsp3) is 0.571. The quantitative estimate of drug-likeness (QED) is 0.811. The molecule has 4 atom stereocenters. The molecule has 6 nitrogen and oxygen atoms in total. The molecule has 22 heavy (non-hydrogen) atoms. The summed E-state index contributed by atoms with van der Waals surface area (Å²) in [6.45, 7) is 1.84. The lowest BCUT2D eigenvalue weighted by molar-refractivity contribution is -0.155. The van der Waals surface area contributed by atoms with E-state index in [4.69, 9.17) is 23.4 Å². The first-order chi connectivity index (χ1) is 10.6. The van der Waals surface area contributed by atoms with Gasteiger partial charge in [-0.05, 0) is 30.2 Å². The van der Waals surface area contributed by atoms with Gasteiger partial charge in [-0.3, -0.25) is 0 Å². The Labute approximate surface area is 128 Å². The minimum absolute atomic E-state index is 0.163. The van der Waals surface area contributed by atoms with Gasteiger partial charge in [0.25, 0.3) is 0 Å². The highest BCUT2D eigenvalue weighted by molar-refractivity contribution is 6.37. The zero-order valence-electron chi connectivity index (χ0n) is 12.4. The number of aryl methyl sites for hydroxylation is 1. The lowest BCUT2D eigenvalue weighted by Crippen LogP contribution is -2.31. The van der Waals surface area contributed by atoms with Gasteiger partial charge in [-0.2, -0.15) is 0 Å². The summed E-state index contributed by atoms with van der Waals surface area (Å²) >= 11 is 0. The molecule has 0 amide bonds. The third-order valence-corrected chi connectivity index (χ3v) is 3.90. The third kappa shape index (κ3) is 3.03. The number of rotatable bonds is 5. The van der Waals surface area contributed by atoms with Crippen LogP contribution in [0.1, 0.15) is 11.1 Å². The molecule has 1 aromatic rings. The van der Waals surface area contributed by atoms with Gasteiger partial charge in [-0.1, -0.05) is 6.07 Å². The molecule has 1 aromatic carbocycles. The molecule has 2 aliphatic rings. The molecular formula is C14H18BFO6. The van der Waals surface area contributed by atoms with E-state index in [1.54, 1.807) is 6.07 Å². The van der Waals surface area contributed by atoms with Gasteiger partial charge in [0.05, 0.1) is 13.2 Å². The van der Waals surface area contributed by atoms with E-state index in [1.165, 1.54) is 19.2 Å². The number of methoxy groups -OCH3 is 1. The molecule has 0 bridgehead atoms. The van der Waals surface area contributed by atoms with Gasteiger partial charge in [0.2, 0.25) is 0 Å². The average molecular weight is 312 g/mol. The van der Waals surface area contributed by atoms with Crippen molar-refractivity contribution in [3.8, 4) is 0 Å². The lowest BCUT2D eigenvalue weighted by Gasteiger charge is -2.16. The number of benzene rings is 1. The normalized spacial score (nSPS) is 30.8. The van der Waals surface area contributed by atoms with Gasteiger partial charge >= 0.3 is 7.32 Å². The van der Waals surface area contributed by atoms with Crippen molar-refractivity contribution in [3.05, 3.63) is 35.1 Å². The zero-order chi connectivity index (χ0) is 15.7. The van der Waals surface area contributed by atoms with Crippen LogP contribution in [0.3, 0.4) is 0 Å². The van der Waals surface area contributed by atoms with Gasteiger partial charge in [0.1, 0.15) is 24.1 Å². The second-order valence-corrected chi connectivity index (χ2v) is 5.33. The van der Waals surface area contributed by atoms with Crippen molar-refractivity contribution in [1.82, 2.24) is 0 Å². The van der Waals surface area contributed by atoms with Gasteiger partial charge < -0.3 is 28.5 Å². The van der Waals surface area contributed by atoms with Crippen molar-refractivity contribution in [3.63, 3.8) is 0 Å². The summed E-state index contributed by atoms with van der Waals surface area (Å²) in [5.41, 5.74) is 1.65. The second-order valence-electron chi connectivity index (χ2n) is 5.33. The Bertz CT molecular complexity index is 512. The smallest absolute Gasteiger partial charge is 0.394 e. The van der Waals surface area contributed by atoms with Crippen LogP contribution in [-0.4, -0.2) is 50.7 Å². The van der Waals surface area contributed by atoms with Crippen LogP contribution < -0.4 is 0 Å². The standard InChI is InChI=1S/C14H18BFO6/c1-8-3-4-10(16)5-9(8)7-19-15-21-12-11(6-17)20-14(18-2)13(12)22-15/h3-5,11-14,17H,6-7H2,1-2H3/t11-,12?,13+,14-/m1/s1. The first kappa shape index (κ1) is 15.9. The molecule has 120 valence electrons. The molecule has 0 aromatic heterocycles. The highest BCUT2D eigenvalue weighted by atomic mass is 19.1. The number of halogens is 1. The molecule has 1 unspecified atom stereocenters. The second kappa shape index (κ2) is 6.61. The Balaban J connectivity index is 1.60. The van der Waals surface area contributed by atoms with Crippen LogP contribution in [0.4, 0.5) is 4.39 Å². The molecule has 2 heterocycles. The molecule has 0 radical (unpaired) electrons. The monoisotopic (exact) mass is 312 g/mol. The predicted octanol–water partition coefficient (Wildman–Crippen LogP) is 0.783. The van der Waals surface area contributed by atoms with E-state index in [1.807, 2.05) is 6.92 Å². The molecule has 2 aliphatic heterocycles. The third-order valence-electron chi connectivity index (χ3n) is 3.90. The van der Waals surface area contributed by atoms with E-state index in [-0.39, 0.29) is 19.0 Å². The SMILES string of the molecule is CO[C@@H]1O[C@H](CO)C2OB(OCc3cc(F)ccc3C)O[C@@H]21. The van der Waals surface area contributed by atoms with Crippen LogP contribution in [0.25, 0.3) is 0 Å².